The van der Waals surface area contributed by atoms with Crippen LogP contribution in [0, 0.1) is 5.82 Å². The number of imidazole rings is 1. The second-order valence-corrected chi connectivity index (χ2v) is 5.08. The topological polar surface area (TPSA) is 29.9 Å². The van der Waals surface area contributed by atoms with Crippen LogP contribution < -0.4 is 5.32 Å². The first kappa shape index (κ1) is 13.2. The van der Waals surface area contributed by atoms with Crippen LogP contribution in [0.25, 0.3) is 0 Å². The number of hydrogen-bond acceptors (Lipinski definition) is 2. The molecule has 2 rings (SSSR count). The summed E-state index contributed by atoms with van der Waals surface area (Å²) in [4.78, 5) is 4.12. The Kier molecular flexibility index (Phi) is 4.14. The number of benzene rings is 1. The number of aryl methyl sites for hydroxylation is 1. The fourth-order valence-corrected chi connectivity index (χ4v) is 2.39. The van der Waals surface area contributed by atoms with E-state index in [0.29, 0.717) is 4.47 Å². The van der Waals surface area contributed by atoms with E-state index in [4.69, 9.17) is 0 Å². The highest BCUT2D eigenvalue weighted by Gasteiger charge is 2.14. The second kappa shape index (κ2) is 5.63. The number of hydrogen-bond donors (Lipinski definition) is 1. The van der Waals surface area contributed by atoms with E-state index in [9.17, 15) is 4.39 Å². The average molecular weight is 312 g/mol. The summed E-state index contributed by atoms with van der Waals surface area (Å²) in [7, 11) is 3.88. The Balaban J connectivity index is 2.20. The monoisotopic (exact) mass is 311 g/mol. The van der Waals surface area contributed by atoms with Crippen LogP contribution >= 0.6 is 15.9 Å². The first-order valence-corrected chi connectivity index (χ1v) is 6.48. The lowest BCUT2D eigenvalue weighted by Gasteiger charge is -2.17. The second-order valence-electron chi connectivity index (χ2n) is 4.22. The molecule has 3 nitrogen and oxygen atoms in total. The van der Waals surface area contributed by atoms with E-state index in [2.05, 4.69) is 26.2 Å². The summed E-state index contributed by atoms with van der Waals surface area (Å²) in [6.45, 7) is 0. The van der Waals surface area contributed by atoms with E-state index in [-0.39, 0.29) is 11.9 Å². The van der Waals surface area contributed by atoms with Crippen LogP contribution in [0.4, 0.5) is 4.39 Å². The van der Waals surface area contributed by atoms with Crippen molar-refractivity contribution >= 4 is 15.9 Å². The molecule has 0 aliphatic heterocycles. The fraction of sp³-hybridized carbons (Fsp3) is 0.308. The minimum Gasteiger partial charge on any atom is -0.336 e. The van der Waals surface area contributed by atoms with Crippen LogP contribution in [0.3, 0.4) is 0 Å². The van der Waals surface area contributed by atoms with Crippen molar-refractivity contribution in [2.75, 3.05) is 7.05 Å². The molecule has 1 aromatic carbocycles. The van der Waals surface area contributed by atoms with Crippen molar-refractivity contribution in [2.24, 2.45) is 7.05 Å². The zero-order valence-electron chi connectivity index (χ0n) is 10.3. The summed E-state index contributed by atoms with van der Waals surface area (Å²) >= 11 is 3.21. The van der Waals surface area contributed by atoms with Crippen molar-refractivity contribution in [1.29, 1.82) is 0 Å². The van der Waals surface area contributed by atoms with Crippen molar-refractivity contribution in [1.82, 2.24) is 14.9 Å². The SMILES string of the molecule is CNC(Cc1ccc(F)c(Br)c1)c1cncn1C. The van der Waals surface area contributed by atoms with E-state index in [1.807, 2.05) is 30.9 Å². The maximum absolute atomic E-state index is 13.2. The molecular formula is C13H15BrFN3. The third-order valence-electron chi connectivity index (χ3n) is 2.98. The molecule has 0 radical (unpaired) electrons. The number of halogens is 2. The molecule has 0 aliphatic carbocycles. The van der Waals surface area contributed by atoms with Crippen LogP contribution in [0.15, 0.2) is 35.2 Å². The molecule has 1 heterocycles. The smallest absolute Gasteiger partial charge is 0.137 e. The highest BCUT2D eigenvalue weighted by molar-refractivity contribution is 9.10. The summed E-state index contributed by atoms with van der Waals surface area (Å²) < 4.78 is 15.7. The van der Waals surface area contributed by atoms with Crippen LogP contribution in [-0.4, -0.2) is 16.6 Å². The molecule has 0 fully saturated rings. The van der Waals surface area contributed by atoms with Gasteiger partial charge in [-0.3, -0.25) is 0 Å². The highest BCUT2D eigenvalue weighted by atomic mass is 79.9. The molecule has 0 spiro atoms. The van der Waals surface area contributed by atoms with Crippen molar-refractivity contribution in [3.63, 3.8) is 0 Å². The van der Waals surface area contributed by atoms with Crippen molar-refractivity contribution in [2.45, 2.75) is 12.5 Å². The first-order valence-electron chi connectivity index (χ1n) is 5.69. The summed E-state index contributed by atoms with van der Waals surface area (Å²) in [5.74, 6) is -0.236. The Bertz CT molecular complexity index is 539. The van der Waals surface area contributed by atoms with Crippen molar-refractivity contribution in [3.05, 3.63) is 52.3 Å². The zero-order valence-corrected chi connectivity index (χ0v) is 11.9. The predicted molar refractivity (Wildman–Crippen MR) is 72.8 cm³/mol. The third kappa shape index (κ3) is 2.79. The Morgan fingerprint density at radius 1 is 1.50 bits per heavy atom. The van der Waals surface area contributed by atoms with Gasteiger partial charge in [0.25, 0.3) is 0 Å². The minimum absolute atomic E-state index is 0.162. The van der Waals surface area contributed by atoms with Crippen LogP contribution in [-0.2, 0) is 13.5 Å². The maximum Gasteiger partial charge on any atom is 0.137 e. The van der Waals surface area contributed by atoms with Gasteiger partial charge in [0.05, 0.1) is 22.5 Å². The third-order valence-corrected chi connectivity index (χ3v) is 3.59. The first-order chi connectivity index (χ1) is 8.61. The van der Waals surface area contributed by atoms with E-state index in [1.165, 1.54) is 6.07 Å². The van der Waals surface area contributed by atoms with Crippen LogP contribution in [0.1, 0.15) is 17.3 Å². The number of aromatic nitrogens is 2. The summed E-state index contributed by atoms with van der Waals surface area (Å²) in [6, 6.07) is 5.27. The van der Waals surface area contributed by atoms with E-state index >= 15 is 0 Å². The summed E-state index contributed by atoms with van der Waals surface area (Å²) in [5, 5.41) is 3.26. The van der Waals surface area contributed by atoms with Gasteiger partial charge in [-0.1, -0.05) is 6.07 Å². The lowest BCUT2D eigenvalue weighted by molar-refractivity contribution is 0.553. The molecule has 0 saturated carbocycles. The fourth-order valence-electron chi connectivity index (χ4n) is 1.96. The minimum atomic E-state index is -0.236. The molecule has 2 aromatic rings. The number of nitrogens with one attached hydrogen (secondary N) is 1. The number of rotatable bonds is 4. The normalized spacial score (nSPS) is 12.7. The van der Waals surface area contributed by atoms with Crippen LogP contribution in [0.5, 0.6) is 0 Å². The Morgan fingerprint density at radius 3 is 2.83 bits per heavy atom. The molecule has 96 valence electrons. The molecule has 1 unspecified atom stereocenters. The van der Waals surface area contributed by atoms with Gasteiger partial charge in [0.1, 0.15) is 5.82 Å². The molecule has 0 saturated heterocycles. The zero-order chi connectivity index (χ0) is 13.1. The molecule has 0 amide bonds. The van der Waals surface area contributed by atoms with Gasteiger partial charge in [0.15, 0.2) is 0 Å². The van der Waals surface area contributed by atoms with Gasteiger partial charge in [-0.05, 0) is 47.1 Å². The Morgan fingerprint density at radius 2 is 2.28 bits per heavy atom. The molecule has 1 aromatic heterocycles. The van der Waals surface area contributed by atoms with Gasteiger partial charge in [-0.15, -0.1) is 0 Å². The Hall–Kier alpha value is -1.20. The molecule has 1 atom stereocenters. The van der Waals surface area contributed by atoms with Gasteiger partial charge in [0.2, 0.25) is 0 Å². The lowest BCUT2D eigenvalue weighted by Crippen LogP contribution is -2.21. The molecule has 0 bridgehead atoms. The number of likely N-dealkylation sites (N-methyl/N-ethyl adjacent to an activating group) is 1. The molecule has 5 heteroatoms. The highest BCUT2D eigenvalue weighted by Crippen LogP contribution is 2.22. The standard InChI is InChI=1S/C13H15BrFN3/c1-16-12(13-7-17-8-18(13)2)6-9-3-4-11(15)10(14)5-9/h3-5,7-8,12,16H,6H2,1-2H3. The van der Waals surface area contributed by atoms with Gasteiger partial charge in [-0.25, -0.2) is 9.37 Å². The number of nitrogens with zero attached hydrogens (tertiary/aromatic N) is 2. The van der Waals surface area contributed by atoms with Crippen molar-refractivity contribution in [3.8, 4) is 0 Å². The lowest BCUT2D eigenvalue weighted by atomic mass is 10.0. The van der Waals surface area contributed by atoms with Gasteiger partial charge in [-0.2, -0.15) is 0 Å². The maximum atomic E-state index is 13.2. The summed E-state index contributed by atoms with van der Waals surface area (Å²) in [5.41, 5.74) is 2.18. The molecular weight excluding hydrogens is 297 g/mol. The van der Waals surface area contributed by atoms with Gasteiger partial charge >= 0.3 is 0 Å². The molecule has 1 N–H and O–H groups in total. The van der Waals surface area contributed by atoms with Crippen molar-refractivity contribution < 1.29 is 4.39 Å². The van der Waals surface area contributed by atoms with E-state index < -0.39 is 0 Å². The predicted octanol–water partition coefficient (Wildman–Crippen LogP) is 2.82. The summed E-state index contributed by atoms with van der Waals surface area (Å²) in [6.07, 6.45) is 4.41. The average Bonchev–Trinajstić information content (AvgIpc) is 2.77. The Labute approximate surface area is 114 Å². The molecule has 0 aliphatic rings. The van der Waals surface area contributed by atoms with Gasteiger partial charge < -0.3 is 9.88 Å². The van der Waals surface area contributed by atoms with Gasteiger partial charge in [0, 0.05) is 13.2 Å². The largest absolute Gasteiger partial charge is 0.336 e. The van der Waals surface area contributed by atoms with E-state index in [1.54, 1.807) is 12.4 Å². The molecule has 18 heavy (non-hydrogen) atoms. The quantitative estimate of drug-likeness (QED) is 0.941. The van der Waals surface area contributed by atoms with Crippen LogP contribution in [0.2, 0.25) is 0 Å². The van der Waals surface area contributed by atoms with E-state index in [0.717, 1.165) is 17.7 Å².